The standard InChI is InChI=1S/C15H12F2N2.C3H8/c1-9-13(16)6-11(7-14(9)17)10-3-4-15-12(5-10)8-19(2)18-15;1-3-2/h3-8H,1-2H3;3H2,1-2H3. The molecule has 0 spiro atoms. The fourth-order valence-corrected chi connectivity index (χ4v) is 2.14. The van der Waals surface area contributed by atoms with Crippen LogP contribution in [0.4, 0.5) is 8.78 Å². The smallest absolute Gasteiger partial charge is 0.129 e. The predicted molar refractivity (Wildman–Crippen MR) is 86.8 cm³/mol. The highest BCUT2D eigenvalue weighted by Crippen LogP contribution is 2.26. The summed E-state index contributed by atoms with van der Waals surface area (Å²) in [6.45, 7) is 5.68. The Morgan fingerprint density at radius 1 is 1.00 bits per heavy atom. The first-order valence-electron chi connectivity index (χ1n) is 7.35. The van der Waals surface area contributed by atoms with Crippen LogP contribution in [0.5, 0.6) is 0 Å². The van der Waals surface area contributed by atoms with Gasteiger partial charge < -0.3 is 0 Å². The van der Waals surface area contributed by atoms with Crippen LogP contribution in [0.3, 0.4) is 0 Å². The fraction of sp³-hybridized carbons (Fsp3) is 0.278. The number of hydrogen-bond acceptors (Lipinski definition) is 1. The number of aromatic nitrogens is 2. The van der Waals surface area contributed by atoms with E-state index in [4.69, 9.17) is 0 Å². The van der Waals surface area contributed by atoms with E-state index in [0.29, 0.717) is 5.56 Å². The summed E-state index contributed by atoms with van der Waals surface area (Å²) in [7, 11) is 1.84. The third-order valence-electron chi connectivity index (χ3n) is 3.23. The Morgan fingerprint density at radius 3 is 2.18 bits per heavy atom. The molecule has 22 heavy (non-hydrogen) atoms. The van der Waals surface area contributed by atoms with Gasteiger partial charge in [0.05, 0.1) is 5.52 Å². The first-order valence-corrected chi connectivity index (χ1v) is 7.35. The molecule has 0 aliphatic carbocycles. The van der Waals surface area contributed by atoms with Crippen molar-refractivity contribution in [3.8, 4) is 11.1 Å². The molecule has 0 saturated heterocycles. The molecule has 0 saturated carbocycles. The van der Waals surface area contributed by atoms with Gasteiger partial charge in [-0.1, -0.05) is 26.3 Å². The molecule has 1 heterocycles. The van der Waals surface area contributed by atoms with E-state index in [9.17, 15) is 8.78 Å². The van der Waals surface area contributed by atoms with Gasteiger partial charge in [0.2, 0.25) is 0 Å². The number of aryl methyl sites for hydroxylation is 1. The van der Waals surface area contributed by atoms with Gasteiger partial charge in [0, 0.05) is 24.2 Å². The minimum absolute atomic E-state index is 0.0474. The monoisotopic (exact) mass is 302 g/mol. The van der Waals surface area contributed by atoms with Crippen LogP contribution >= 0.6 is 0 Å². The van der Waals surface area contributed by atoms with Crippen LogP contribution in [0.15, 0.2) is 36.5 Å². The molecule has 116 valence electrons. The summed E-state index contributed by atoms with van der Waals surface area (Å²) in [6.07, 6.45) is 3.12. The van der Waals surface area contributed by atoms with Crippen LogP contribution in [0.2, 0.25) is 0 Å². The molecule has 0 amide bonds. The van der Waals surface area contributed by atoms with Gasteiger partial charge in [-0.3, -0.25) is 4.68 Å². The van der Waals surface area contributed by atoms with Crippen molar-refractivity contribution in [1.29, 1.82) is 0 Å². The molecule has 0 bridgehead atoms. The normalized spacial score (nSPS) is 10.5. The summed E-state index contributed by atoms with van der Waals surface area (Å²) in [6, 6.07) is 8.26. The molecule has 4 heteroatoms. The maximum atomic E-state index is 13.6. The summed E-state index contributed by atoms with van der Waals surface area (Å²) in [5, 5.41) is 5.21. The van der Waals surface area contributed by atoms with Crippen molar-refractivity contribution in [3.05, 3.63) is 53.7 Å². The van der Waals surface area contributed by atoms with Gasteiger partial charge in [-0.15, -0.1) is 0 Å². The third-order valence-corrected chi connectivity index (χ3v) is 3.23. The van der Waals surface area contributed by atoms with Crippen molar-refractivity contribution in [1.82, 2.24) is 9.78 Å². The highest BCUT2D eigenvalue weighted by molar-refractivity contribution is 5.84. The molecule has 0 aliphatic rings. The molecule has 0 fully saturated rings. The van der Waals surface area contributed by atoms with E-state index in [2.05, 4.69) is 18.9 Å². The highest BCUT2D eigenvalue weighted by Gasteiger charge is 2.09. The van der Waals surface area contributed by atoms with Crippen molar-refractivity contribution in [2.24, 2.45) is 7.05 Å². The molecule has 0 N–H and O–H groups in total. The lowest BCUT2D eigenvalue weighted by atomic mass is 10.0. The SMILES string of the molecule is CCC.Cc1c(F)cc(-c2ccc3nn(C)cc3c2)cc1F. The van der Waals surface area contributed by atoms with Crippen molar-refractivity contribution < 1.29 is 8.78 Å². The van der Waals surface area contributed by atoms with Crippen LogP contribution in [-0.4, -0.2) is 9.78 Å². The maximum absolute atomic E-state index is 13.6. The molecule has 2 aromatic carbocycles. The fourth-order valence-electron chi connectivity index (χ4n) is 2.14. The molecule has 3 rings (SSSR count). The first-order chi connectivity index (χ1) is 10.5. The molecule has 0 unspecified atom stereocenters. The van der Waals surface area contributed by atoms with Gasteiger partial charge in [0.1, 0.15) is 11.6 Å². The molecule has 0 aliphatic heterocycles. The van der Waals surface area contributed by atoms with Gasteiger partial charge in [-0.2, -0.15) is 5.10 Å². The average Bonchev–Trinajstić information content (AvgIpc) is 2.84. The van der Waals surface area contributed by atoms with Crippen LogP contribution < -0.4 is 0 Å². The van der Waals surface area contributed by atoms with E-state index in [1.165, 1.54) is 25.5 Å². The molecule has 1 aromatic heterocycles. The van der Waals surface area contributed by atoms with Crippen molar-refractivity contribution in [3.63, 3.8) is 0 Å². The lowest BCUT2D eigenvalue weighted by molar-refractivity contribution is 0.569. The summed E-state index contributed by atoms with van der Waals surface area (Å²) >= 11 is 0. The number of benzene rings is 2. The minimum Gasteiger partial charge on any atom is -0.275 e. The first kappa shape index (κ1) is 16.1. The molecule has 3 aromatic rings. The zero-order valence-electron chi connectivity index (χ0n) is 13.3. The lowest BCUT2D eigenvalue weighted by Gasteiger charge is -2.05. The number of fused-ring (bicyclic) bond motifs is 1. The molecular weight excluding hydrogens is 282 g/mol. The Hall–Kier alpha value is -2.23. The summed E-state index contributed by atoms with van der Waals surface area (Å²) in [5.74, 6) is -1.05. The van der Waals surface area contributed by atoms with Gasteiger partial charge in [0.15, 0.2) is 0 Å². The van der Waals surface area contributed by atoms with Crippen LogP contribution in [0, 0.1) is 18.6 Å². The lowest BCUT2D eigenvalue weighted by Crippen LogP contribution is -1.90. The number of hydrogen-bond donors (Lipinski definition) is 0. The van der Waals surface area contributed by atoms with Gasteiger partial charge in [-0.05, 0) is 42.3 Å². The van der Waals surface area contributed by atoms with Gasteiger partial charge in [-0.25, -0.2) is 8.78 Å². The number of nitrogens with zero attached hydrogens (tertiary/aromatic N) is 2. The van der Waals surface area contributed by atoms with E-state index in [0.717, 1.165) is 16.5 Å². The van der Waals surface area contributed by atoms with Gasteiger partial charge in [0.25, 0.3) is 0 Å². The Balaban J connectivity index is 0.000000545. The van der Waals surface area contributed by atoms with E-state index in [-0.39, 0.29) is 5.56 Å². The summed E-state index contributed by atoms with van der Waals surface area (Å²) in [4.78, 5) is 0. The second kappa shape index (κ2) is 6.69. The van der Waals surface area contributed by atoms with Crippen molar-refractivity contribution in [2.75, 3.05) is 0 Å². The Kier molecular flexibility index (Phi) is 4.91. The van der Waals surface area contributed by atoms with Crippen molar-refractivity contribution in [2.45, 2.75) is 27.2 Å². The molecule has 0 radical (unpaired) electrons. The molecule has 2 nitrogen and oxygen atoms in total. The van der Waals surface area contributed by atoms with E-state index < -0.39 is 11.6 Å². The van der Waals surface area contributed by atoms with E-state index >= 15 is 0 Å². The van der Waals surface area contributed by atoms with E-state index in [1.807, 2.05) is 31.4 Å². The third kappa shape index (κ3) is 3.32. The van der Waals surface area contributed by atoms with Gasteiger partial charge >= 0.3 is 0 Å². The Morgan fingerprint density at radius 2 is 1.59 bits per heavy atom. The zero-order valence-corrected chi connectivity index (χ0v) is 13.3. The van der Waals surface area contributed by atoms with E-state index in [1.54, 1.807) is 4.68 Å². The second-order valence-corrected chi connectivity index (χ2v) is 5.35. The zero-order chi connectivity index (χ0) is 16.3. The maximum Gasteiger partial charge on any atom is 0.129 e. The molecular formula is C18H20F2N2. The number of rotatable bonds is 1. The highest BCUT2D eigenvalue weighted by atomic mass is 19.1. The average molecular weight is 302 g/mol. The Bertz CT molecular complexity index is 768. The predicted octanol–water partition coefficient (Wildman–Crippen LogP) is 5.24. The largest absolute Gasteiger partial charge is 0.275 e. The minimum atomic E-state index is -0.527. The summed E-state index contributed by atoms with van der Waals surface area (Å²) < 4.78 is 28.9. The van der Waals surface area contributed by atoms with Crippen LogP contribution in [0.1, 0.15) is 25.8 Å². The van der Waals surface area contributed by atoms with Crippen LogP contribution in [-0.2, 0) is 7.05 Å². The number of halogens is 2. The Labute approximate surface area is 129 Å². The quantitative estimate of drug-likeness (QED) is 0.601. The van der Waals surface area contributed by atoms with Crippen molar-refractivity contribution >= 4 is 10.9 Å². The summed E-state index contributed by atoms with van der Waals surface area (Å²) in [5.41, 5.74) is 2.22. The second-order valence-electron chi connectivity index (χ2n) is 5.35. The topological polar surface area (TPSA) is 17.8 Å². The molecule has 0 atom stereocenters. The van der Waals surface area contributed by atoms with Crippen LogP contribution in [0.25, 0.3) is 22.0 Å².